The number of carbonyl (C=O) groups excluding carboxylic acids is 2. The van der Waals surface area contributed by atoms with E-state index in [1.165, 1.54) is 24.3 Å². The Kier molecular flexibility index (Phi) is 8.86. The summed E-state index contributed by atoms with van der Waals surface area (Å²) in [5, 5.41) is 16.0. The average Bonchev–Trinajstić information content (AvgIpc) is 3.02. The number of carbonyl (C=O) groups is 2. The molecule has 0 saturated heterocycles. The van der Waals surface area contributed by atoms with Crippen LogP contribution in [0.3, 0.4) is 0 Å². The van der Waals surface area contributed by atoms with Crippen LogP contribution in [0.15, 0.2) is 41.3 Å². The van der Waals surface area contributed by atoms with Crippen LogP contribution >= 0.6 is 11.6 Å². The molecule has 0 heterocycles. The second-order valence-corrected chi connectivity index (χ2v) is 14.4. The molecule has 4 rings (SSSR count). The zero-order valence-electron chi connectivity index (χ0n) is 23.3. The summed E-state index contributed by atoms with van der Waals surface area (Å²) in [6, 6.07) is 6.68. The number of hydrogen-bond acceptors (Lipinski definition) is 6. The van der Waals surface area contributed by atoms with Crippen molar-refractivity contribution in [2.75, 3.05) is 19.0 Å². The lowest BCUT2D eigenvalue weighted by atomic mass is 9.71. The third-order valence-electron chi connectivity index (χ3n) is 8.58. The maximum atomic E-state index is 13.8. The molecule has 0 spiro atoms. The molecule has 5 atom stereocenters. The highest BCUT2D eigenvalue weighted by atomic mass is 35.5. The van der Waals surface area contributed by atoms with Crippen molar-refractivity contribution in [3.05, 3.63) is 58.6 Å². The number of amides is 2. The van der Waals surface area contributed by atoms with E-state index in [0.717, 1.165) is 12.1 Å². The Hall–Kier alpha value is -2.60. The van der Waals surface area contributed by atoms with Crippen LogP contribution in [0.2, 0.25) is 5.02 Å². The van der Waals surface area contributed by atoms with Crippen molar-refractivity contribution >= 4 is 38.9 Å². The number of ether oxygens (including phenoxy) is 1. The molecular weight excluding hydrogens is 578 g/mol. The van der Waals surface area contributed by atoms with Gasteiger partial charge in [0.1, 0.15) is 0 Å². The Morgan fingerprint density at radius 2 is 1.83 bits per heavy atom. The monoisotopic (exact) mass is 612 g/mol. The zero-order chi connectivity index (χ0) is 30.3. The number of sulfone groups is 1. The van der Waals surface area contributed by atoms with E-state index in [2.05, 4.69) is 10.6 Å². The van der Waals surface area contributed by atoms with Gasteiger partial charge in [0.15, 0.2) is 21.5 Å². The molecule has 0 aromatic heterocycles. The molecule has 3 unspecified atom stereocenters. The summed E-state index contributed by atoms with van der Waals surface area (Å²) in [4.78, 5) is 25.4. The Morgan fingerprint density at radius 1 is 1.12 bits per heavy atom. The van der Waals surface area contributed by atoms with E-state index in [1.54, 1.807) is 7.11 Å². The van der Waals surface area contributed by atoms with Gasteiger partial charge in [0, 0.05) is 31.0 Å². The number of hydrogen-bond donors (Lipinski definition) is 3. The number of fused-ring (bicyclic) bond motifs is 2. The summed E-state index contributed by atoms with van der Waals surface area (Å²) >= 11 is 6.31. The average molecular weight is 613 g/mol. The van der Waals surface area contributed by atoms with Gasteiger partial charge in [-0.1, -0.05) is 18.5 Å². The first-order valence-corrected chi connectivity index (χ1v) is 15.3. The molecule has 2 amide bonds. The standard InChI is InChI=1S/C29H35ClF2N2O6S/c1-16-9-18-11-20(13-21(16)29(18,37)14-26(35)33-15-28(2,3)40-4)41(38,39)25-10-17(5-7-22(25)30)27(36)34-19-6-8-23(31)24(32)12-19/h5-8,10,12,16,18,20-21,37H,9,11,13-15H2,1-4H3,(H,33,35)(H,34,36)/t16-,18?,20?,21?,29+/m0/s1. The van der Waals surface area contributed by atoms with Crippen LogP contribution in [0, 0.1) is 29.4 Å². The quantitative estimate of drug-likeness (QED) is 0.376. The molecule has 0 radical (unpaired) electrons. The fourth-order valence-electron chi connectivity index (χ4n) is 6.10. The fourth-order valence-corrected chi connectivity index (χ4v) is 8.47. The third-order valence-corrected chi connectivity index (χ3v) is 11.2. The topological polar surface area (TPSA) is 122 Å². The van der Waals surface area contributed by atoms with Crippen LogP contribution in [-0.2, 0) is 19.4 Å². The molecule has 2 aromatic rings. The van der Waals surface area contributed by atoms with Gasteiger partial charge in [0.05, 0.1) is 32.8 Å². The predicted octanol–water partition coefficient (Wildman–Crippen LogP) is 4.74. The number of methoxy groups -OCH3 is 1. The van der Waals surface area contributed by atoms with Gasteiger partial charge in [0.2, 0.25) is 5.91 Å². The molecule has 2 fully saturated rings. The summed E-state index contributed by atoms with van der Waals surface area (Å²) in [6.45, 7) is 5.87. The van der Waals surface area contributed by atoms with Crippen molar-refractivity contribution < 1.29 is 36.6 Å². The van der Waals surface area contributed by atoms with Crippen molar-refractivity contribution in [3.8, 4) is 0 Å². The summed E-state index contributed by atoms with van der Waals surface area (Å²) in [5.41, 5.74) is -1.95. The molecular formula is C29H35ClF2N2O6S. The molecule has 0 aliphatic heterocycles. The van der Waals surface area contributed by atoms with Crippen molar-refractivity contribution in [2.45, 2.75) is 67.8 Å². The van der Waals surface area contributed by atoms with Crippen LogP contribution in [-0.4, -0.2) is 55.4 Å². The lowest BCUT2D eigenvalue weighted by Crippen LogP contribution is -2.52. The Morgan fingerprint density at radius 3 is 2.46 bits per heavy atom. The maximum Gasteiger partial charge on any atom is 0.255 e. The highest BCUT2D eigenvalue weighted by Gasteiger charge is 2.59. The van der Waals surface area contributed by atoms with Gasteiger partial charge < -0.3 is 20.5 Å². The maximum absolute atomic E-state index is 13.8. The molecule has 41 heavy (non-hydrogen) atoms. The molecule has 12 heteroatoms. The molecule has 3 N–H and O–H groups in total. The van der Waals surface area contributed by atoms with Crippen molar-refractivity contribution in [1.29, 1.82) is 0 Å². The minimum absolute atomic E-state index is 0.000191. The second-order valence-electron chi connectivity index (χ2n) is 11.8. The van der Waals surface area contributed by atoms with Gasteiger partial charge in [-0.3, -0.25) is 9.59 Å². The van der Waals surface area contributed by atoms with Gasteiger partial charge in [-0.2, -0.15) is 0 Å². The van der Waals surface area contributed by atoms with E-state index in [1.807, 2.05) is 20.8 Å². The largest absolute Gasteiger partial charge is 0.389 e. The molecule has 2 aliphatic carbocycles. The number of anilines is 1. The highest BCUT2D eigenvalue weighted by Crippen LogP contribution is 2.56. The molecule has 2 aromatic carbocycles. The minimum Gasteiger partial charge on any atom is -0.389 e. The van der Waals surface area contributed by atoms with Crippen molar-refractivity contribution in [2.24, 2.45) is 17.8 Å². The molecule has 2 bridgehead atoms. The summed E-state index contributed by atoms with van der Waals surface area (Å²) < 4.78 is 59.8. The van der Waals surface area contributed by atoms with Gasteiger partial charge >= 0.3 is 0 Å². The van der Waals surface area contributed by atoms with E-state index in [9.17, 15) is 31.9 Å². The van der Waals surface area contributed by atoms with E-state index < -0.39 is 55.7 Å². The van der Waals surface area contributed by atoms with E-state index in [-0.39, 0.29) is 58.8 Å². The van der Waals surface area contributed by atoms with Crippen LogP contribution in [0.1, 0.15) is 56.8 Å². The summed E-state index contributed by atoms with van der Waals surface area (Å²) in [7, 11) is -2.50. The predicted molar refractivity (Wildman–Crippen MR) is 150 cm³/mol. The summed E-state index contributed by atoms with van der Waals surface area (Å²) in [6.07, 6.45) is 0.709. The third kappa shape index (κ3) is 6.43. The van der Waals surface area contributed by atoms with Gasteiger partial charge in [0.25, 0.3) is 5.91 Å². The number of aliphatic hydroxyl groups is 1. The first kappa shape index (κ1) is 31.3. The Bertz CT molecular complexity index is 1450. The molecule has 224 valence electrons. The molecule has 2 aliphatic rings. The lowest BCUT2D eigenvalue weighted by molar-refractivity contribution is -0.134. The smallest absolute Gasteiger partial charge is 0.255 e. The normalized spacial score (nSPS) is 26.0. The number of benzene rings is 2. The van der Waals surface area contributed by atoms with Crippen LogP contribution in [0.4, 0.5) is 14.5 Å². The lowest BCUT2D eigenvalue weighted by Gasteiger charge is -2.43. The van der Waals surface area contributed by atoms with Gasteiger partial charge in [-0.15, -0.1) is 0 Å². The van der Waals surface area contributed by atoms with E-state index in [4.69, 9.17) is 16.3 Å². The zero-order valence-corrected chi connectivity index (χ0v) is 24.9. The fraction of sp³-hybridized carbons (Fsp3) is 0.517. The Labute approximate surface area is 243 Å². The second kappa shape index (κ2) is 11.6. The highest BCUT2D eigenvalue weighted by molar-refractivity contribution is 7.92. The van der Waals surface area contributed by atoms with Crippen LogP contribution in [0.5, 0.6) is 0 Å². The number of nitrogens with one attached hydrogen (secondary N) is 2. The van der Waals surface area contributed by atoms with Gasteiger partial charge in [-0.25, -0.2) is 17.2 Å². The van der Waals surface area contributed by atoms with Crippen LogP contribution in [0.25, 0.3) is 0 Å². The Balaban J connectivity index is 1.52. The van der Waals surface area contributed by atoms with Crippen molar-refractivity contribution in [3.63, 3.8) is 0 Å². The molecule has 8 nitrogen and oxygen atoms in total. The minimum atomic E-state index is -4.04. The molecule has 2 saturated carbocycles. The van der Waals surface area contributed by atoms with E-state index in [0.29, 0.717) is 6.42 Å². The van der Waals surface area contributed by atoms with Gasteiger partial charge in [-0.05, 0) is 81.2 Å². The van der Waals surface area contributed by atoms with Crippen LogP contribution < -0.4 is 10.6 Å². The summed E-state index contributed by atoms with van der Waals surface area (Å²) in [5.74, 6) is -4.11. The SMILES string of the molecule is COC(C)(C)CNC(=O)C[C@@]1(O)C2CC(S(=O)(=O)c3cc(C(=O)Nc4ccc(F)c(F)c4)ccc3Cl)CC1[C@@H](C)C2. The number of halogens is 3. The van der Waals surface area contributed by atoms with E-state index >= 15 is 0 Å². The number of rotatable bonds is 9. The first-order valence-electron chi connectivity index (χ1n) is 13.4. The van der Waals surface area contributed by atoms with Crippen molar-refractivity contribution in [1.82, 2.24) is 5.32 Å². The first-order chi connectivity index (χ1) is 19.1.